The van der Waals surface area contributed by atoms with Crippen LogP contribution in [0.3, 0.4) is 0 Å². The highest BCUT2D eigenvalue weighted by Gasteiger charge is 2.34. The third-order valence-corrected chi connectivity index (χ3v) is 9.43. The van der Waals surface area contributed by atoms with Crippen molar-refractivity contribution in [2.24, 2.45) is 5.92 Å². The van der Waals surface area contributed by atoms with Gasteiger partial charge < -0.3 is 15.0 Å². The van der Waals surface area contributed by atoms with E-state index in [-0.39, 0.29) is 29.7 Å². The van der Waals surface area contributed by atoms with Gasteiger partial charge in [0.25, 0.3) is 10.0 Å². The molecule has 0 saturated heterocycles. The van der Waals surface area contributed by atoms with E-state index < -0.39 is 28.5 Å². The number of hydrogen-bond donors (Lipinski definition) is 1. The summed E-state index contributed by atoms with van der Waals surface area (Å²) in [6.07, 6.45) is 0.239. The molecule has 0 bridgehead atoms. The van der Waals surface area contributed by atoms with Crippen molar-refractivity contribution in [3.63, 3.8) is 0 Å². The van der Waals surface area contributed by atoms with Gasteiger partial charge in [0.2, 0.25) is 11.8 Å². The summed E-state index contributed by atoms with van der Waals surface area (Å²) < 4.78 is 35.3. The van der Waals surface area contributed by atoms with Gasteiger partial charge >= 0.3 is 0 Å². The Morgan fingerprint density at radius 3 is 2.13 bits per heavy atom. The Balaban J connectivity index is 1.80. The molecule has 1 N–H and O–H groups in total. The van der Waals surface area contributed by atoms with E-state index in [1.54, 1.807) is 61.7 Å². The van der Waals surface area contributed by atoms with Gasteiger partial charge in [0.1, 0.15) is 18.3 Å². The molecule has 45 heavy (non-hydrogen) atoms. The molecule has 0 saturated carbocycles. The molecule has 0 spiro atoms. The first kappa shape index (κ1) is 33.7. The number of carbonyl (C=O) groups is 2. The second kappa shape index (κ2) is 15.7. The van der Waals surface area contributed by atoms with Crippen LogP contribution in [0.4, 0.5) is 5.69 Å². The number of carbonyl (C=O) groups excluding carboxylic acids is 2. The molecule has 0 fully saturated rings. The predicted octanol–water partition coefficient (Wildman–Crippen LogP) is 6.07. The molecule has 0 aliphatic heterocycles. The zero-order chi connectivity index (χ0) is 32.4. The molecule has 236 valence electrons. The molecule has 2 amide bonds. The lowest BCUT2D eigenvalue weighted by atomic mass is 10.0. The van der Waals surface area contributed by atoms with E-state index in [1.807, 2.05) is 56.3 Å². The number of nitrogens with one attached hydrogen (secondary N) is 1. The normalized spacial score (nSPS) is 11.9. The molecule has 1 atom stereocenters. The van der Waals surface area contributed by atoms with E-state index in [0.29, 0.717) is 22.5 Å². The van der Waals surface area contributed by atoms with E-state index in [4.69, 9.17) is 4.74 Å². The molecule has 0 heterocycles. The van der Waals surface area contributed by atoms with E-state index in [0.717, 1.165) is 15.4 Å². The fourth-order valence-corrected chi connectivity index (χ4v) is 6.64. The molecular formula is C35H38BrN3O5S. The maximum Gasteiger partial charge on any atom is 0.264 e. The van der Waals surface area contributed by atoms with Gasteiger partial charge in [-0.3, -0.25) is 13.9 Å². The van der Waals surface area contributed by atoms with E-state index in [9.17, 15) is 18.0 Å². The lowest BCUT2D eigenvalue weighted by Gasteiger charge is -2.34. The average Bonchev–Trinajstić information content (AvgIpc) is 3.04. The average molecular weight is 693 g/mol. The Hall–Kier alpha value is -4.15. The summed E-state index contributed by atoms with van der Waals surface area (Å²) in [6.45, 7) is 3.95. The van der Waals surface area contributed by atoms with Crippen molar-refractivity contribution in [1.82, 2.24) is 10.2 Å². The Labute approximate surface area is 274 Å². The van der Waals surface area contributed by atoms with Crippen molar-refractivity contribution >= 4 is 43.5 Å². The Morgan fingerprint density at radius 2 is 1.49 bits per heavy atom. The Morgan fingerprint density at radius 1 is 0.844 bits per heavy atom. The Kier molecular flexibility index (Phi) is 11.8. The zero-order valence-electron chi connectivity index (χ0n) is 25.6. The van der Waals surface area contributed by atoms with Gasteiger partial charge in [-0.05, 0) is 59.5 Å². The number of halogens is 1. The summed E-state index contributed by atoms with van der Waals surface area (Å²) >= 11 is 3.43. The van der Waals surface area contributed by atoms with E-state index >= 15 is 0 Å². The van der Waals surface area contributed by atoms with Gasteiger partial charge in [0.05, 0.1) is 17.7 Å². The molecule has 8 nitrogen and oxygen atoms in total. The number of anilines is 1. The molecular weight excluding hydrogens is 654 g/mol. The van der Waals surface area contributed by atoms with E-state index in [2.05, 4.69) is 21.2 Å². The number of sulfonamides is 1. The number of rotatable bonds is 14. The van der Waals surface area contributed by atoms with Crippen LogP contribution in [-0.2, 0) is 32.6 Å². The maximum atomic E-state index is 14.5. The molecule has 10 heteroatoms. The van der Waals surface area contributed by atoms with Crippen LogP contribution in [0.5, 0.6) is 5.75 Å². The molecule has 0 aliphatic carbocycles. The van der Waals surface area contributed by atoms with Crippen LogP contribution < -0.4 is 14.4 Å². The first-order chi connectivity index (χ1) is 21.6. The first-order valence-corrected chi connectivity index (χ1v) is 16.9. The number of benzene rings is 4. The highest BCUT2D eigenvalue weighted by molar-refractivity contribution is 9.10. The third-order valence-electron chi connectivity index (χ3n) is 7.15. The highest BCUT2D eigenvalue weighted by Crippen LogP contribution is 2.27. The smallest absolute Gasteiger partial charge is 0.264 e. The molecule has 0 aromatic heterocycles. The van der Waals surface area contributed by atoms with Crippen LogP contribution in [-0.4, -0.2) is 51.4 Å². The quantitative estimate of drug-likeness (QED) is 0.173. The van der Waals surface area contributed by atoms with Gasteiger partial charge in [-0.2, -0.15) is 0 Å². The van der Waals surface area contributed by atoms with Crippen LogP contribution in [0.15, 0.2) is 119 Å². The zero-order valence-corrected chi connectivity index (χ0v) is 28.0. The van der Waals surface area contributed by atoms with Crippen LogP contribution in [0.25, 0.3) is 0 Å². The van der Waals surface area contributed by atoms with Crippen molar-refractivity contribution in [1.29, 1.82) is 0 Å². The van der Waals surface area contributed by atoms with Crippen molar-refractivity contribution in [3.05, 3.63) is 125 Å². The molecule has 4 aromatic rings. The fourth-order valence-electron chi connectivity index (χ4n) is 4.82. The lowest BCUT2D eigenvalue weighted by Crippen LogP contribution is -2.53. The van der Waals surface area contributed by atoms with Crippen LogP contribution >= 0.6 is 15.9 Å². The number of methoxy groups -OCH3 is 1. The van der Waals surface area contributed by atoms with Crippen LogP contribution in [0.1, 0.15) is 25.0 Å². The van der Waals surface area contributed by atoms with Crippen molar-refractivity contribution in [2.45, 2.75) is 37.8 Å². The molecule has 0 radical (unpaired) electrons. The largest absolute Gasteiger partial charge is 0.497 e. The van der Waals surface area contributed by atoms with Crippen molar-refractivity contribution in [2.75, 3.05) is 24.5 Å². The standard InChI is InChI=1S/C35H38BrN3O5S/c1-26(2)23-37-35(41)33(21-27-12-6-4-7-13-27)38(24-28-14-10-17-31(20-28)44-3)34(40)25-39(30-16-11-15-29(36)22-30)45(42,43)32-18-8-5-9-19-32/h4-20,22,26,33H,21,23-25H2,1-3H3,(H,37,41). The maximum absolute atomic E-state index is 14.5. The molecule has 4 rings (SSSR count). The van der Waals surface area contributed by atoms with Crippen molar-refractivity contribution < 1.29 is 22.7 Å². The van der Waals surface area contributed by atoms with Crippen LogP contribution in [0.2, 0.25) is 0 Å². The molecule has 0 aliphatic rings. The summed E-state index contributed by atoms with van der Waals surface area (Å²) in [4.78, 5) is 29.9. The number of nitrogens with zero attached hydrogens (tertiary/aromatic N) is 2. The highest BCUT2D eigenvalue weighted by atomic mass is 79.9. The minimum absolute atomic E-state index is 0.0487. The minimum Gasteiger partial charge on any atom is -0.497 e. The monoisotopic (exact) mass is 691 g/mol. The topological polar surface area (TPSA) is 96.0 Å². The fraction of sp³-hybridized carbons (Fsp3) is 0.257. The third kappa shape index (κ3) is 9.18. The van der Waals surface area contributed by atoms with Gasteiger partial charge in [0.15, 0.2) is 0 Å². The van der Waals surface area contributed by atoms with Gasteiger partial charge in [0, 0.05) is 24.0 Å². The number of hydrogen-bond acceptors (Lipinski definition) is 5. The van der Waals surface area contributed by atoms with Gasteiger partial charge in [-0.15, -0.1) is 0 Å². The lowest BCUT2D eigenvalue weighted by molar-refractivity contribution is -0.140. The molecule has 1 unspecified atom stereocenters. The van der Waals surface area contributed by atoms with Gasteiger partial charge in [-0.1, -0.05) is 96.5 Å². The first-order valence-electron chi connectivity index (χ1n) is 14.7. The Bertz CT molecular complexity index is 1680. The second-order valence-corrected chi connectivity index (χ2v) is 13.8. The van der Waals surface area contributed by atoms with Crippen LogP contribution in [0, 0.1) is 5.92 Å². The summed E-state index contributed by atoms with van der Waals surface area (Å²) in [5, 5.41) is 3.00. The number of ether oxygens (including phenoxy) is 1. The second-order valence-electron chi connectivity index (χ2n) is 11.0. The minimum atomic E-state index is -4.16. The SMILES string of the molecule is COc1cccc(CN(C(=O)CN(c2cccc(Br)c2)S(=O)(=O)c2ccccc2)C(Cc2ccccc2)C(=O)NCC(C)C)c1. The summed E-state index contributed by atoms with van der Waals surface area (Å²) in [5.41, 5.74) is 1.91. The summed E-state index contributed by atoms with van der Waals surface area (Å²) in [6, 6.07) is 30.6. The predicted molar refractivity (Wildman–Crippen MR) is 180 cm³/mol. The number of amides is 2. The van der Waals surface area contributed by atoms with Crippen molar-refractivity contribution in [3.8, 4) is 5.75 Å². The molecule has 4 aromatic carbocycles. The van der Waals surface area contributed by atoms with E-state index in [1.165, 1.54) is 17.0 Å². The van der Waals surface area contributed by atoms with Gasteiger partial charge in [-0.25, -0.2) is 8.42 Å². The summed E-state index contributed by atoms with van der Waals surface area (Å²) in [5.74, 6) is -0.0512. The summed E-state index contributed by atoms with van der Waals surface area (Å²) in [7, 11) is -2.61.